The van der Waals surface area contributed by atoms with Crippen LogP contribution in [0.2, 0.25) is 0 Å². The van der Waals surface area contributed by atoms with Crippen LogP contribution in [0.1, 0.15) is 22.6 Å². The number of rotatable bonds is 1. The molecular weight excluding hydrogens is 326 g/mol. The van der Waals surface area contributed by atoms with Gasteiger partial charge in [-0.2, -0.15) is 0 Å². The molecule has 0 N–H and O–H groups in total. The molecule has 0 bridgehead atoms. The minimum atomic E-state index is 0.301. The fourth-order valence-corrected chi connectivity index (χ4v) is 4.37. The van der Waals surface area contributed by atoms with Gasteiger partial charge in [-0.05, 0) is 33.4 Å². The molecule has 1 unspecified atom stereocenters. The van der Waals surface area contributed by atoms with Crippen molar-refractivity contribution in [3.63, 3.8) is 0 Å². The fourth-order valence-electron chi connectivity index (χ4n) is 4.37. The zero-order valence-electron chi connectivity index (χ0n) is 14.8. The number of fused-ring (bicyclic) bond motifs is 6. The molecule has 1 heteroatoms. The van der Waals surface area contributed by atoms with Gasteiger partial charge in [0.2, 0.25) is 0 Å². The topological polar surface area (TPSA) is 12.9 Å². The van der Waals surface area contributed by atoms with E-state index in [1.54, 1.807) is 0 Å². The van der Waals surface area contributed by atoms with E-state index in [0.29, 0.717) is 5.92 Å². The Morgan fingerprint density at radius 1 is 0.741 bits per heavy atom. The maximum atomic E-state index is 4.86. The van der Waals surface area contributed by atoms with Crippen molar-refractivity contribution in [2.24, 2.45) is 0 Å². The summed E-state index contributed by atoms with van der Waals surface area (Å²) in [5, 5.41) is 7.41. The largest absolute Gasteiger partial charge is 0.255 e. The molecule has 2 aliphatic rings. The predicted molar refractivity (Wildman–Crippen MR) is 111 cm³/mol. The Morgan fingerprint density at radius 3 is 2.48 bits per heavy atom. The number of allylic oxidation sites excluding steroid dienone is 1. The van der Waals surface area contributed by atoms with Crippen molar-refractivity contribution in [1.29, 1.82) is 0 Å². The van der Waals surface area contributed by atoms with E-state index in [2.05, 4.69) is 91.0 Å². The van der Waals surface area contributed by atoms with Crippen LogP contribution in [-0.2, 0) is 0 Å². The Balaban J connectivity index is 1.74. The molecule has 4 aromatic rings. The summed E-state index contributed by atoms with van der Waals surface area (Å²) >= 11 is 0. The van der Waals surface area contributed by atoms with Crippen LogP contribution in [0.3, 0.4) is 0 Å². The fraction of sp³-hybridized carbons (Fsp3) is 0.0385. The van der Waals surface area contributed by atoms with Crippen molar-refractivity contribution in [1.82, 2.24) is 4.98 Å². The van der Waals surface area contributed by atoms with Gasteiger partial charge >= 0.3 is 0 Å². The molecule has 2 aliphatic carbocycles. The average Bonchev–Trinajstić information content (AvgIpc) is 3.14. The molecule has 0 fully saturated rings. The highest BCUT2D eigenvalue weighted by atomic mass is 14.6. The molecule has 3 aromatic carbocycles. The van der Waals surface area contributed by atoms with Crippen LogP contribution >= 0.6 is 0 Å². The number of hydrogen-bond donors (Lipinski definition) is 0. The normalized spacial score (nSPS) is 16.2. The molecule has 0 saturated heterocycles. The monoisotopic (exact) mass is 343 g/mol. The molecule has 0 amide bonds. The third kappa shape index (κ3) is 2.15. The zero-order chi connectivity index (χ0) is 17.8. The summed E-state index contributed by atoms with van der Waals surface area (Å²) in [6.07, 6.45) is 11.2. The van der Waals surface area contributed by atoms with Gasteiger partial charge in [0.05, 0.1) is 5.35 Å². The lowest BCUT2D eigenvalue weighted by molar-refractivity contribution is 1.12. The van der Waals surface area contributed by atoms with E-state index in [9.17, 15) is 0 Å². The summed E-state index contributed by atoms with van der Waals surface area (Å²) in [6, 6.07) is 23.7. The molecule has 1 aromatic heterocycles. The van der Waals surface area contributed by atoms with Crippen LogP contribution in [0, 0.1) is 10.6 Å². The maximum Gasteiger partial charge on any atom is 0.0793 e. The van der Waals surface area contributed by atoms with Gasteiger partial charge < -0.3 is 0 Å². The molecule has 0 aliphatic heterocycles. The van der Waals surface area contributed by atoms with Crippen molar-refractivity contribution in [3.8, 4) is 0 Å². The molecule has 126 valence electrons. The third-order valence-electron chi connectivity index (χ3n) is 5.70. The predicted octanol–water partition coefficient (Wildman–Crippen LogP) is 4.26. The van der Waals surface area contributed by atoms with Gasteiger partial charge in [-0.15, -0.1) is 0 Å². The van der Waals surface area contributed by atoms with Gasteiger partial charge in [0.25, 0.3) is 0 Å². The Hall–Kier alpha value is -3.45. The quantitative estimate of drug-likeness (QED) is 0.443. The minimum absolute atomic E-state index is 0.301. The Kier molecular flexibility index (Phi) is 3.00. The molecule has 6 rings (SSSR count). The number of hydrogen-bond acceptors (Lipinski definition) is 1. The van der Waals surface area contributed by atoms with Crippen LogP contribution in [-0.4, -0.2) is 4.98 Å². The lowest BCUT2D eigenvalue weighted by Gasteiger charge is -2.14. The first-order chi connectivity index (χ1) is 13.4. The molecule has 0 saturated carbocycles. The van der Waals surface area contributed by atoms with Crippen LogP contribution in [0.4, 0.5) is 0 Å². The summed E-state index contributed by atoms with van der Waals surface area (Å²) in [5.41, 5.74) is 3.87. The van der Waals surface area contributed by atoms with Gasteiger partial charge in [0, 0.05) is 27.9 Å². The number of pyridine rings is 1. The molecule has 1 heterocycles. The molecule has 0 radical (unpaired) electrons. The Labute approximate surface area is 157 Å². The van der Waals surface area contributed by atoms with Gasteiger partial charge in [-0.1, -0.05) is 85.0 Å². The Bertz CT molecular complexity index is 1460. The Morgan fingerprint density at radius 2 is 1.56 bits per heavy atom. The number of aromatic nitrogens is 1. The van der Waals surface area contributed by atoms with E-state index in [1.807, 2.05) is 6.20 Å². The second-order valence-corrected chi connectivity index (χ2v) is 7.25. The third-order valence-corrected chi connectivity index (χ3v) is 5.70. The van der Waals surface area contributed by atoms with Crippen LogP contribution in [0.5, 0.6) is 0 Å². The van der Waals surface area contributed by atoms with E-state index < -0.39 is 0 Å². The highest BCUT2D eigenvalue weighted by Gasteiger charge is 2.14. The van der Waals surface area contributed by atoms with Crippen molar-refractivity contribution < 1.29 is 0 Å². The number of benzene rings is 3. The zero-order valence-corrected chi connectivity index (χ0v) is 14.8. The maximum absolute atomic E-state index is 4.86. The SMILES string of the molecule is C1=CC(c2ccccc2)C=c2c1ccc1c2=c2ncc3ccccc3c2=C1. The number of nitrogens with zero attached hydrogens (tertiary/aromatic N) is 1. The van der Waals surface area contributed by atoms with E-state index in [-0.39, 0.29) is 0 Å². The highest BCUT2D eigenvalue weighted by Crippen LogP contribution is 2.24. The molecule has 1 atom stereocenters. The highest BCUT2D eigenvalue weighted by molar-refractivity contribution is 5.84. The minimum Gasteiger partial charge on any atom is -0.255 e. The first-order valence-electron chi connectivity index (χ1n) is 9.36. The van der Waals surface area contributed by atoms with Crippen molar-refractivity contribution in [2.45, 2.75) is 5.92 Å². The second kappa shape index (κ2) is 5.52. The smallest absolute Gasteiger partial charge is 0.0793 e. The summed E-state index contributed by atoms with van der Waals surface area (Å²) in [5.74, 6) is 0.301. The summed E-state index contributed by atoms with van der Waals surface area (Å²) in [6.45, 7) is 0. The van der Waals surface area contributed by atoms with Gasteiger partial charge in [-0.25, -0.2) is 0 Å². The lowest BCUT2D eigenvalue weighted by Crippen LogP contribution is -2.15. The first kappa shape index (κ1) is 14.7. The summed E-state index contributed by atoms with van der Waals surface area (Å²) in [4.78, 5) is 4.86. The van der Waals surface area contributed by atoms with E-state index >= 15 is 0 Å². The standard InChI is InChI=1S/C26H17N/c1-2-6-17(7-3-1)19-12-10-18-11-13-20-15-24-22-9-5-4-8-21(22)16-27-26(24)25(20)23(18)14-19/h1-16,19H. The van der Waals surface area contributed by atoms with E-state index in [4.69, 9.17) is 4.98 Å². The van der Waals surface area contributed by atoms with Crippen molar-refractivity contribution in [3.05, 3.63) is 117 Å². The molecule has 27 heavy (non-hydrogen) atoms. The van der Waals surface area contributed by atoms with Gasteiger partial charge in [0.15, 0.2) is 0 Å². The molecule has 0 spiro atoms. The summed E-state index contributed by atoms with van der Waals surface area (Å²) < 4.78 is 0. The summed E-state index contributed by atoms with van der Waals surface area (Å²) in [7, 11) is 0. The van der Waals surface area contributed by atoms with Gasteiger partial charge in [-0.3, -0.25) is 4.98 Å². The van der Waals surface area contributed by atoms with Gasteiger partial charge in [0.1, 0.15) is 0 Å². The van der Waals surface area contributed by atoms with Crippen molar-refractivity contribution in [2.75, 3.05) is 0 Å². The molecule has 1 nitrogen and oxygen atoms in total. The molecular formula is C26H17N. The second-order valence-electron chi connectivity index (χ2n) is 7.25. The first-order valence-corrected chi connectivity index (χ1v) is 9.36. The average molecular weight is 343 g/mol. The van der Waals surface area contributed by atoms with E-state index in [0.717, 1.165) is 5.35 Å². The lowest BCUT2D eigenvalue weighted by atomic mass is 9.90. The van der Waals surface area contributed by atoms with E-state index in [1.165, 1.54) is 43.1 Å². The van der Waals surface area contributed by atoms with Crippen LogP contribution in [0.15, 0.2) is 79.0 Å². The van der Waals surface area contributed by atoms with Crippen LogP contribution < -0.4 is 10.4 Å². The van der Waals surface area contributed by atoms with Crippen molar-refractivity contribution >= 4 is 29.0 Å². The van der Waals surface area contributed by atoms with Crippen LogP contribution in [0.25, 0.3) is 29.0 Å².